The largest absolute Gasteiger partial charge is 0.321 e. The summed E-state index contributed by atoms with van der Waals surface area (Å²) in [6.45, 7) is 0. The number of sulfone groups is 1. The van der Waals surface area contributed by atoms with E-state index in [2.05, 4.69) is 10.4 Å². The van der Waals surface area contributed by atoms with Crippen LogP contribution in [0.3, 0.4) is 0 Å². The van der Waals surface area contributed by atoms with Crippen molar-refractivity contribution in [1.82, 2.24) is 5.01 Å². The Morgan fingerprint density at radius 2 is 1.85 bits per heavy atom. The molecule has 1 atom stereocenters. The van der Waals surface area contributed by atoms with Crippen LogP contribution in [0.4, 0.5) is 18.9 Å². The summed E-state index contributed by atoms with van der Waals surface area (Å²) in [5.74, 6) is -6.08. The summed E-state index contributed by atoms with van der Waals surface area (Å²) in [7, 11) is -3.25. The van der Waals surface area contributed by atoms with Crippen LogP contribution in [0.25, 0.3) is 0 Å². The average molecular weight is 389 g/mol. The summed E-state index contributed by atoms with van der Waals surface area (Å²) in [5, 5.41) is 7.12. The van der Waals surface area contributed by atoms with Crippen LogP contribution < -0.4 is 5.32 Å². The Kier molecular flexibility index (Phi) is 4.74. The first-order valence-electron chi connectivity index (χ1n) is 7.72. The summed E-state index contributed by atoms with van der Waals surface area (Å²) in [6, 6.07) is 0.592. The van der Waals surface area contributed by atoms with E-state index in [0.717, 1.165) is 5.01 Å². The molecule has 2 heterocycles. The quantitative estimate of drug-likeness (QED) is 0.786. The van der Waals surface area contributed by atoms with E-state index < -0.39 is 45.1 Å². The van der Waals surface area contributed by atoms with Gasteiger partial charge < -0.3 is 5.32 Å². The molecule has 140 valence electrons. The molecule has 7 nitrogen and oxygen atoms in total. The van der Waals surface area contributed by atoms with Gasteiger partial charge >= 0.3 is 0 Å². The zero-order valence-corrected chi connectivity index (χ0v) is 14.2. The Hall–Kier alpha value is -2.43. The molecule has 1 fully saturated rings. The fraction of sp³-hybridized carbons (Fsp3) is 0.400. The smallest absolute Gasteiger partial charge is 0.271 e. The second-order valence-electron chi connectivity index (χ2n) is 6.05. The second-order valence-corrected chi connectivity index (χ2v) is 8.28. The lowest BCUT2D eigenvalue weighted by Gasteiger charge is -2.27. The molecule has 0 spiro atoms. The third-order valence-corrected chi connectivity index (χ3v) is 5.87. The molecule has 3 rings (SSSR count). The third-order valence-electron chi connectivity index (χ3n) is 4.12. The molecule has 11 heteroatoms. The van der Waals surface area contributed by atoms with Crippen molar-refractivity contribution >= 4 is 33.1 Å². The molecule has 2 amide bonds. The highest BCUT2D eigenvalue weighted by atomic mass is 32.2. The number of carbonyl (C=O) groups excluding carboxylic acids is 2. The summed E-state index contributed by atoms with van der Waals surface area (Å²) >= 11 is 0. The van der Waals surface area contributed by atoms with E-state index in [1.165, 1.54) is 0 Å². The molecule has 2 aliphatic rings. The molecular formula is C15H14F3N3O4S. The van der Waals surface area contributed by atoms with Crippen LogP contribution in [0.2, 0.25) is 0 Å². The first-order valence-corrected chi connectivity index (χ1v) is 9.54. The number of hydrogen-bond acceptors (Lipinski definition) is 5. The summed E-state index contributed by atoms with van der Waals surface area (Å²) in [5.41, 5.74) is -0.389. The van der Waals surface area contributed by atoms with Crippen LogP contribution in [0, 0.1) is 17.5 Å². The van der Waals surface area contributed by atoms with Crippen molar-refractivity contribution in [1.29, 1.82) is 0 Å². The molecular weight excluding hydrogens is 375 g/mol. The molecule has 0 radical (unpaired) electrons. The maximum atomic E-state index is 13.2. The highest BCUT2D eigenvalue weighted by Gasteiger charge is 2.37. The maximum Gasteiger partial charge on any atom is 0.271 e. The zero-order valence-electron chi connectivity index (χ0n) is 13.3. The van der Waals surface area contributed by atoms with Gasteiger partial charge in [-0.25, -0.2) is 26.6 Å². The van der Waals surface area contributed by atoms with E-state index >= 15 is 0 Å². The lowest BCUT2D eigenvalue weighted by molar-refractivity contribution is -0.133. The third kappa shape index (κ3) is 3.71. The zero-order chi connectivity index (χ0) is 19.1. The first-order chi connectivity index (χ1) is 12.2. The van der Waals surface area contributed by atoms with Gasteiger partial charge in [-0.05, 0) is 6.42 Å². The Morgan fingerprint density at radius 1 is 1.19 bits per heavy atom. The van der Waals surface area contributed by atoms with E-state index in [0.29, 0.717) is 12.1 Å². The number of carbonyl (C=O) groups is 2. The van der Waals surface area contributed by atoms with Crippen molar-refractivity contribution < 1.29 is 31.2 Å². The van der Waals surface area contributed by atoms with Gasteiger partial charge in [-0.2, -0.15) is 5.10 Å². The van der Waals surface area contributed by atoms with Crippen molar-refractivity contribution in [3.8, 4) is 0 Å². The molecule has 1 aromatic rings. The molecule has 0 unspecified atom stereocenters. The van der Waals surface area contributed by atoms with Crippen LogP contribution in [0.1, 0.15) is 19.3 Å². The van der Waals surface area contributed by atoms with Gasteiger partial charge in [0.05, 0.1) is 17.5 Å². The van der Waals surface area contributed by atoms with Crippen LogP contribution in [-0.2, 0) is 19.4 Å². The number of halogens is 3. The number of nitrogens with zero attached hydrogens (tertiary/aromatic N) is 2. The number of rotatable bonds is 3. The van der Waals surface area contributed by atoms with E-state index in [4.69, 9.17) is 0 Å². The van der Waals surface area contributed by atoms with Crippen molar-refractivity contribution in [2.24, 2.45) is 5.10 Å². The highest BCUT2D eigenvalue weighted by Crippen LogP contribution is 2.23. The molecule has 1 aromatic carbocycles. The molecule has 0 aliphatic carbocycles. The van der Waals surface area contributed by atoms with Gasteiger partial charge in [0.15, 0.2) is 27.3 Å². The Bertz CT molecular complexity index is 894. The summed E-state index contributed by atoms with van der Waals surface area (Å²) < 4.78 is 62.5. The second kappa shape index (κ2) is 6.71. The van der Waals surface area contributed by atoms with E-state index in [9.17, 15) is 31.2 Å². The van der Waals surface area contributed by atoms with E-state index in [1.54, 1.807) is 0 Å². The average Bonchev–Trinajstić information content (AvgIpc) is 2.92. The molecule has 2 aliphatic heterocycles. The maximum absolute atomic E-state index is 13.2. The first kappa shape index (κ1) is 18.4. The van der Waals surface area contributed by atoms with Crippen LogP contribution >= 0.6 is 0 Å². The minimum atomic E-state index is -3.25. The normalized spacial score (nSPS) is 22.3. The number of amides is 2. The summed E-state index contributed by atoms with van der Waals surface area (Å²) in [4.78, 5) is 24.2. The van der Waals surface area contributed by atoms with E-state index in [1.807, 2.05) is 0 Å². The Labute approximate surface area is 146 Å². The minimum Gasteiger partial charge on any atom is -0.321 e. The summed E-state index contributed by atoms with van der Waals surface area (Å²) in [6.07, 6.45) is 0.169. The molecule has 0 aromatic heterocycles. The highest BCUT2D eigenvalue weighted by molar-refractivity contribution is 7.91. The molecule has 0 saturated carbocycles. The van der Waals surface area contributed by atoms with E-state index in [-0.39, 0.29) is 42.2 Å². The van der Waals surface area contributed by atoms with Gasteiger partial charge in [0, 0.05) is 30.7 Å². The molecule has 1 N–H and O–H groups in total. The van der Waals surface area contributed by atoms with Crippen LogP contribution in [-0.4, -0.2) is 48.5 Å². The number of nitrogens with one attached hydrogen (secondary N) is 1. The van der Waals surface area contributed by atoms with Crippen molar-refractivity contribution in [2.45, 2.75) is 25.3 Å². The minimum absolute atomic E-state index is 0.00715. The number of anilines is 1. The van der Waals surface area contributed by atoms with Gasteiger partial charge in [0.25, 0.3) is 5.91 Å². The topological polar surface area (TPSA) is 95.9 Å². The molecule has 26 heavy (non-hydrogen) atoms. The van der Waals surface area contributed by atoms with Crippen molar-refractivity contribution in [2.75, 3.05) is 16.8 Å². The van der Waals surface area contributed by atoms with Gasteiger partial charge in [0.2, 0.25) is 5.91 Å². The standard InChI is InChI=1S/C15H14F3N3O4S/c16-10-5-8(6-11(17)14(10)18)19-15(23)12-1-2-13(22)21(20-12)9-3-4-26(24,25)7-9/h5-6,9H,1-4,7H2,(H,19,23)/t9-/m1/s1. The SMILES string of the molecule is O=C(Nc1cc(F)c(F)c(F)c1)C1=NN([C@@H]2CCS(=O)(=O)C2)C(=O)CC1. The van der Waals surface area contributed by atoms with Crippen molar-refractivity contribution in [3.05, 3.63) is 29.6 Å². The number of hydrazone groups is 1. The van der Waals surface area contributed by atoms with Gasteiger partial charge in [-0.15, -0.1) is 0 Å². The number of benzene rings is 1. The monoisotopic (exact) mass is 389 g/mol. The van der Waals surface area contributed by atoms with Crippen LogP contribution in [0.5, 0.6) is 0 Å². The Morgan fingerprint density at radius 3 is 2.42 bits per heavy atom. The number of hydrogen-bond donors (Lipinski definition) is 1. The lowest BCUT2D eigenvalue weighted by atomic mass is 10.1. The fourth-order valence-corrected chi connectivity index (χ4v) is 4.51. The Balaban J connectivity index is 1.78. The predicted molar refractivity (Wildman–Crippen MR) is 85.5 cm³/mol. The van der Waals surface area contributed by atoms with Crippen molar-refractivity contribution in [3.63, 3.8) is 0 Å². The molecule has 0 bridgehead atoms. The molecule has 1 saturated heterocycles. The predicted octanol–water partition coefficient (Wildman–Crippen LogP) is 1.21. The van der Waals surface area contributed by atoms with Gasteiger partial charge in [-0.1, -0.05) is 0 Å². The fourth-order valence-electron chi connectivity index (χ4n) is 2.82. The van der Waals surface area contributed by atoms with Gasteiger partial charge in [0.1, 0.15) is 5.71 Å². The lowest BCUT2D eigenvalue weighted by Crippen LogP contribution is -2.42. The van der Waals surface area contributed by atoms with Crippen LogP contribution in [0.15, 0.2) is 17.2 Å². The van der Waals surface area contributed by atoms with Gasteiger partial charge in [-0.3, -0.25) is 9.59 Å².